The largest absolute Gasteiger partial charge is 0.444 e. The van der Waals surface area contributed by atoms with Gasteiger partial charge in [0.2, 0.25) is 0 Å². The predicted molar refractivity (Wildman–Crippen MR) is 91.5 cm³/mol. The molecule has 1 amide bonds. The fourth-order valence-electron chi connectivity index (χ4n) is 2.96. The molecule has 23 heavy (non-hydrogen) atoms. The molecule has 0 spiro atoms. The topological polar surface area (TPSA) is 47.4 Å². The van der Waals surface area contributed by atoms with Crippen molar-refractivity contribution >= 4 is 17.4 Å². The highest BCUT2D eigenvalue weighted by atomic mass is 32.1. The highest BCUT2D eigenvalue weighted by molar-refractivity contribution is 7.13. The van der Waals surface area contributed by atoms with Crippen molar-refractivity contribution in [3.63, 3.8) is 0 Å². The molecule has 6 heteroatoms. The van der Waals surface area contributed by atoms with E-state index in [0.717, 1.165) is 23.4 Å². The van der Waals surface area contributed by atoms with E-state index in [1.165, 1.54) is 4.88 Å². The lowest BCUT2D eigenvalue weighted by Crippen LogP contribution is -2.45. The molecule has 5 nitrogen and oxygen atoms in total. The molecule has 0 unspecified atom stereocenters. The number of hydrogen-bond acceptors (Lipinski definition) is 4. The number of nitrogens with zero attached hydrogens (tertiary/aromatic N) is 3. The van der Waals surface area contributed by atoms with Crippen LogP contribution in [0.3, 0.4) is 0 Å². The molecule has 3 heterocycles. The van der Waals surface area contributed by atoms with Gasteiger partial charge in [-0.3, -0.25) is 4.68 Å². The second-order valence-electron chi connectivity index (χ2n) is 7.04. The Kier molecular flexibility index (Phi) is 3.96. The van der Waals surface area contributed by atoms with Crippen LogP contribution in [0.1, 0.15) is 39.0 Å². The molecule has 3 rings (SSSR count). The van der Waals surface area contributed by atoms with Crippen LogP contribution in [0.15, 0.2) is 17.5 Å². The Morgan fingerprint density at radius 1 is 1.43 bits per heavy atom. The average molecular weight is 333 g/mol. The van der Waals surface area contributed by atoms with E-state index in [9.17, 15) is 4.79 Å². The number of aryl methyl sites for hydroxylation is 1. The molecule has 0 saturated heterocycles. The van der Waals surface area contributed by atoms with Gasteiger partial charge >= 0.3 is 6.09 Å². The summed E-state index contributed by atoms with van der Waals surface area (Å²) in [6.07, 6.45) is 0.505. The fourth-order valence-corrected chi connectivity index (χ4v) is 3.78. The van der Waals surface area contributed by atoms with Crippen molar-refractivity contribution in [1.82, 2.24) is 14.7 Å². The molecule has 1 atom stereocenters. The van der Waals surface area contributed by atoms with Crippen molar-refractivity contribution in [1.29, 1.82) is 0 Å². The molecule has 0 bridgehead atoms. The summed E-state index contributed by atoms with van der Waals surface area (Å²) in [6, 6.07) is 4.22. The summed E-state index contributed by atoms with van der Waals surface area (Å²) in [6.45, 7) is 8.28. The normalized spacial score (nSPS) is 18.0. The fraction of sp³-hybridized carbons (Fsp3) is 0.529. The average Bonchev–Trinajstić information content (AvgIpc) is 3.01. The molecular weight excluding hydrogens is 310 g/mol. The number of thiophene rings is 1. The van der Waals surface area contributed by atoms with Gasteiger partial charge in [-0.2, -0.15) is 5.10 Å². The molecule has 124 valence electrons. The number of fused-ring (bicyclic) bond motifs is 1. The van der Waals surface area contributed by atoms with E-state index in [2.05, 4.69) is 16.5 Å². The number of amides is 1. The lowest BCUT2D eigenvalue weighted by atomic mass is 9.99. The molecule has 1 aliphatic rings. The second-order valence-corrected chi connectivity index (χ2v) is 7.98. The van der Waals surface area contributed by atoms with Crippen LogP contribution in [-0.4, -0.2) is 32.4 Å². The van der Waals surface area contributed by atoms with E-state index in [1.807, 2.05) is 50.4 Å². The highest BCUT2D eigenvalue weighted by Crippen LogP contribution is 2.34. The Balaban J connectivity index is 1.93. The van der Waals surface area contributed by atoms with Gasteiger partial charge in [-0.1, -0.05) is 6.07 Å². The lowest BCUT2D eigenvalue weighted by Gasteiger charge is -2.34. The number of ether oxygens (including phenoxy) is 1. The lowest BCUT2D eigenvalue weighted by molar-refractivity contribution is 0.0138. The number of rotatable bonds is 1. The van der Waals surface area contributed by atoms with Gasteiger partial charge in [0.05, 0.1) is 22.8 Å². The number of aromatic nitrogens is 2. The van der Waals surface area contributed by atoms with Crippen LogP contribution in [0.2, 0.25) is 0 Å². The van der Waals surface area contributed by atoms with Gasteiger partial charge < -0.3 is 9.64 Å². The summed E-state index contributed by atoms with van der Waals surface area (Å²) >= 11 is 1.69. The Labute approximate surface area is 140 Å². The third kappa shape index (κ3) is 3.13. The maximum absolute atomic E-state index is 12.5. The highest BCUT2D eigenvalue weighted by Gasteiger charge is 2.34. The van der Waals surface area contributed by atoms with Crippen LogP contribution in [0, 0.1) is 0 Å². The van der Waals surface area contributed by atoms with Gasteiger partial charge in [-0.15, -0.1) is 11.3 Å². The first-order valence-corrected chi connectivity index (χ1v) is 8.72. The van der Waals surface area contributed by atoms with E-state index in [4.69, 9.17) is 4.74 Å². The molecule has 0 aromatic carbocycles. The number of hydrogen-bond donors (Lipinski definition) is 0. The maximum atomic E-state index is 12.5. The van der Waals surface area contributed by atoms with E-state index in [0.29, 0.717) is 6.54 Å². The van der Waals surface area contributed by atoms with Crippen molar-refractivity contribution in [2.75, 3.05) is 0 Å². The summed E-state index contributed by atoms with van der Waals surface area (Å²) < 4.78 is 7.49. The first-order valence-electron chi connectivity index (χ1n) is 7.84. The zero-order valence-electron chi connectivity index (χ0n) is 14.3. The number of carbonyl (C=O) groups is 1. The van der Waals surface area contributed by atoms with Crippen molar-refractivity contribution in [2.45, 2.75) is 52.3 Å². The van der Waals surface area contributed by atoms with Crippen LogP contribution in [0.25, 0.3) is 10.6 Å². The van der Waals surface area contributed by atoms with E-state index >= 15 is 0 Å². The molecule has 0 aliphatic carbocycles. The monoisotopic (exact) mass is 333 g/mol. The maximum Gasteiger partial charge on any atom is 0.410 e. The summed E-state index contributed by atoms with van der Waals surface area (Å²) in [5, 5.41) is 6.73. The van der Waals surface area contributed by atoms with Gasteiger partial charge in [0.1, 0.15) is 5.60 Å². The van der Waals surface area contributed by atoms with Crippen LogP contribution in [-0.2, 0) is 24.8 Å². The Bertz CT molecular complexity index is 713. The van der Waals surface area contributed by atoms with Crippen molar-refractivity contribution in [3.8, 4) is 10.6 Å². The van der Waals surface area contributed by atoms with E-state index in [1.54, 1.807) is 11.3 Å². The molecule has 0 radical (unpaired) electrons. The Morgan fingerprint density at radius 3 is 2.78 bits per heavy atom. The summed E-state index contributed by atoms with van der Waals surface area (Å²) in [5.74, 6) is 0. The van der Waals surface area contributed by atoms with E-state index < -0.39 is 5.60 Å². The first kappa shape index (κ1) is 16.1. The molecule has 1 aliphatic heterocycles. The quantitative estimate of drug-likeness (QED) is 0.797. The van der Waals surface area contributed by atoms with E-state index in [-0.39, 0.29) is 12.1 Å². The molecule has 2 aromatic heterocycles. The standard InChI is InChI=1S/C17H23N3O2S/c1-11-9-13-12(10-20(11)16(21)22-17(2,3)4)15(19(5)18-13)14-7-6-8-23-14/h6-8,11H,9-10H2,1-5H3/t11-/m0/s1. The van der Waals surface area contributed by atoms with Gasteiger partial charge in [0, 0.05) is 25.1 Å². The van der Waals surface area contributed by atoms with Gasteiger partial charge in [0.25, 0.3) is 0 Å². The minimum absolute atomic E-state index is 0.0865. The number of carbonyl (C=O) groups excluding carboxylic acids is 1. The zero-order chi connectivity index (χ0) is 16.8. The smallest absolute Gasteiger partial charge is 0.410 e. The summed E-state index contributed by atoms with van der Waals surface area (Å²) in [4.78, 5) is 15.5. The van der Waals surface area contributed by atoms with Crippen LogP contribution in [0.4, 0.5) is 4.79 Å². The third-order valence-corrected chi connectivity index (χ3v) is 4.84. The van der Waals surface area contributed by atoms with Gasteiger partial charge in [-0.05, 0) is 39.1 Å². The van der Waals surface area contributed by atoms with Crippen molar-refractivity contribution < 1.29 is 9.53 Å². The minimum atomic E-state index is -0.484. The zero-order valence-corrected chi connectivity index (χ0v) is 15.1. The Hall–Kier alpha value is -1.82. The van der Waals surface area contributed by atoms with Crippen LogP contribution < -0.4 is 0 Å². The summed E-state index contributed by atoms with van der Waals surface area (Å²) in [5.41, 5.74) is 2.85. The molecule has 0 N–H and O–H groups in total. The molecular formula is C17H23N3O2S. The minimum Gasteiger partial charge on any atom is -0.444 e. The van der Waals surface area contributed by atoms with Gasteiger partial charge in [0.15, 0.2) is 0 Å². The molecule has 0 fully saturated rings. The molecule has 2 aromatic rings. The Morgan fingerprint density at radius 2 is 2.17 bits per heavy atom. The van der Waals surface area contributed by atoms with Crippen LogP contribution in [0.5, 0.6) is 0 Å². The molecule has 0 saturated carbocycles. The SMILES string of the molecule is C[C@H]1Cc2nn(C)c(-c3cccs3)c2CN1C(=O)OC(C)(C)C. The van der Waals surface area contributed by atoms with Crippen molar-refractivity contribution in [3.05, 3.63) is 28.8 Å². The third-order valence-electron chi connectivity index (χ3n) is 3.96. The summed E-state index contributed by atoms with van der Waals surface area (Å²) in [7, 11) is 1.97. The first-order chi connectivity index (χ1) is 10.8. The van der Waals surface area contributed by atoms with Gasteiger partial charge in [-0.25, -0.2) is 4.79 Å². The van der Waals surface area contributed by atoms with Crippen molar-refractivity contribution in [2.24, 2.45) is 7.05 Å². The second kappa shape index (κ2) is 5.67. The predicted octanol–water partition coefficient (Wildman–Crippen LogP) is 3.83. The van der Waals surface area contributed by atoms with Crippen LogP contribution >= 0.6 is 11.3 Å².